The van der Waals surface area contributed by atoms with Gasteiger partial charge in [-0.25, -0.2) is 0 Å². The molecule has 1 aromatic carbocycles. The van der Waals surface area contributed by atoms with Crippen LogP contribution in [-0.2, 0) is 11.3 Å². The minimum atomic E-state index is -0.0307. The molecule has 3 rings (SSSR count). The molecule has 1 aliphatic carbocycles. The summed E-state index contributed by atoms with van der Waals surface area (Å²) >= 11 is 8.80. The molecule has 2 aromatic rings. The second-order valence-corrected chi connectivity index (χ2v) is 7.62. The predicted molar refractivity (Wildman–Crippen MR) is 90.6 cm³/mol. The summed E-state index contributed by atoms with van der Waals surface area (Å²) in [5, 5.41) is 15.8. The Hall–Kier alpha value is -1.31. The molecule has 0 unspecified atom stereocenters. The van der Waals surface area contributed by atoms with Crippen molar-refractivity contribution in [3.63, 3.8) is 0 Å². The van der Waals surface area contributed by atoms with Gasteiger partial charge in [0.15, 0.2) is 4.34 Å². The summed E-state index contributed by atoms with van der Waals surface area (Å²) in [6.45, 7) is 0.477. The van der Waals surface area contributed by atoms with Crippen LogP contribution in [0.15, 0.2) is 28.6 Å². The van der Waals surface area contributed by atoms with E-state index in [1.165, 1.54) is 35.9 Å². The van der Waals surface area contributed by atoms with Crippen LogP contribution >= 0.6 is 34.7 Å². The van der Waals surface area contributed by atoms with Gasteiger partial charge >= 0.3 is 0 Å². The molecule has 22 heavy (non-hydrogen) atoms. The Kier molecular flexibility index (Phi) is 5.17. The van der Waals surface area contributed by atoms with Gasteiger partial charge in [0.05, 0.1) is 5.75 Å². The number of hydrogen-bond acceptors (Lipinski definition) is 6. The molecule has 1 amide bonds. The minimum absolute atomic E-state index is 0.0307. The highest BCUT2D eigenvalue weighted by Gasteiger charge is 2.22. The molecule has 1 saturated carbocycles. The fraction of sp³-hybridized carbons (Fsp3) is 0.357. The normalized spacial score (nSPS) is 13.9. The Labute approximate surface area is 141 Å². The highest BCUT2D eigenvalue weighted by molar-refractivity contribution is 8.01. The molecule has 1 aliphatic rings. The average Bonchev–Trinajstić information content (AvgIpc) is 3.20. The summed E-state index contributed by atoms with van der Waals surface area (Å²) in [4.78, 5) is 11.8. The van der Waals surface area contributed by atoms with Crippen LogP contribution in [0.1, 0.15) is 18.4 Å². The second-order valence-electron chi connectivity index (χ2n) is 4.99. The topological polar surface area (TPSA) is 66.9 Å². The highest BCUT2D eigenvalue weighted by atomic mass is 35.5. The zero-order chi connectivity index (χ0) is 15.4. The Morgan fingerprint density at radius 2 is 2.27 bits per heavy atom. The zero-order valence-corrected chi connectivity index (χ0v) is 14.1. The van der Waals surface area contributed by atoms with Gasteiger partial charge in [0.1, 0.15) is 0 Å². The summed E-state index contributed by atoms with van der Waals surface area (Å²) in [6, 6.07) is 8.02. The second kappa shape index (κ2) is 7.30. The fourth-order valence-corrected chi connectivity index (χ4v) is 3.63. The van der Waals surface area contributed by atoms with E-state index in [9.17, 15) is 4.79 Å². The number of hydrogen-bond donors (Lipinski definition) is 2. The maximum absolute atomic E-state index is 11.8. The van der Waals surface area contributed by atoms with Crippen LogP contribution in [0.3, 0.4) is 0 Å². The zero-order valence-electron chi connectivity index (χ0n) is 11.7. The molecule has 0 radical (unpaired) electrons. The Balaban J connectivity index is 1.40. The van der Waals surface area contributed by atoms with Gasteiger partial charge in [0.2, 0.25) is 11.0 Å². The number of benzene rings is 1. The lowest BCUT2D eigenvalue weighted by atomic mass is 10.2. The van der Waals surface area contributed by atoms with E-state index in [-0.39, 0.29) is 5.91 Å². The lowest BCUT2D eigenvalue weighted by Gasteiger charge is -2.04. The van der Waals surface area contributed by atoms with Crippen molar-refractivity contribution in [2.75, 3.05) is 11.1 Å². The molecule has 0 atom stereocenters. The number of halogens is 1. The first kappa shape index (κ1) is 15.6. The van der Waals surface area contributed by atoms with Gasteiger partial charge < -0.3 is 10.6 Å². The van der Waals surface area contributed by atoms with Crippen LogP contribution in [0, 0.1) is 0 Å². The summed E-state index contributed by atoms with van der Waals surface area (Å²) in [5.41, 5.74) is 0.984. The number of nitrogens with one attached hydrogen (secondary N) is 2. The van der Waals surface area contributed by atoms with Crippen LogP contribution in [-0.4, -0.2) is 27.9 Å². The molecular formula is C14H15ClN4OS2. The summed E-state index contributed by atoms with van der Waals surface area (Å²) in [7, 11) is 0. The third-order valence-corrected chi connectivity index (χ3v) is 5.24. The van der Waals surface area contributed by atoms with Crippen LogP contribution < -0.4 is 10.6 Å². The van der Waals surface area contributed by atoms with Gasteiger partial charge in [-0.2, -0.15) is 0 Å². The molecule has 1 heterocycles. The maximum atomic E-state index is 11.8. The fourth-order valence-electron chi connectivity index (χ4n) is 1.75. The van der Waals surface area contributed by atoms with E-state index in [0.29, 0.717) is 23.4 Å². The van der Waals surface area contributed by atoms with Crippen LogP contribution in [0.4, 0.5) is 5.13 Å². The van der Waals surface area contributed by atoms with Crippen LogP contribution in [0.2, 0.25) is 5.02 Å². The van der Waals surface area contributed by atoms with Gasteiger partial charge in [-0.15, -0.1) is 10.2 Å². The molecule has 2 N–H and O–H groups in total. The van der Waals surface area contributed by atoms with E-state index in [2.05, 4.69) is 20.8 Å². The third kappa shape index (κ3) is 4.86. The maximum Gasteiger partial charge on any atom is 0.230 e. The van der Waals surface area contributed by atoms with Crippen LogP contribution in [0.5, 0.6) is 0 Å². The van der Waals surface area contributed by atoms with E-state index in [0.717, 1.165) is 15.0 Å². The first-order valence-corrected chi connectivity index (χ1v) is 9.11. The minimum Gasteiger partial charge on any atom is -0.357 e. The quantitative estimate of drug-likeness (QED) is 0.747. The molecule has 5 nitrogen and oxygen atoms in total. The van der Waals surface area contributed by atoms with Crippen molar-refractivity contribution in [3.8, 4) is 0 Å². The third-order valence-electron chi connectivity index (χ3n) is 3.02. The van der Waals surface area contributed by atoms with Crippen molar-refractivity contribution in [1.82, 2.24) is 15.5 Å². The number of aromatic nitrogens is 2. The predicted octanol–water partition coefficient (Wildman–Crippen LogP) is 3.17. The van der Waals surface area contributed by atoms with Crippen LogP contribution in [0.25, 0.3) is 0 Å². The SMILES string of the molecule is O=C(CSc1nnc(NC2CC2)s1)NCc1cccc(Cl)c1. The standard InChI is InChI=1S/C14H15ClN4OS2/c15-10-3-1-2-9(6-10)7-16-12(20)8-21-14-19-18-13(22-14)17-11-4-5-11/h1-3,6,11H,4-5,7-8H2,(H,16,20)(H,17,18). The van der Waals surface area contributed by atoms with Gasteiger partial charge in [-0.05, 0) is 30.5 Å². The highest BCUT2D eigenvalue weighted by Crippen LogP contribution is 2.30. The molecule has 8 heteroatoms. The van der Waals surface area contributed by atoms with Gasteiger partial charge in [-0.1, -0.05) is 46.8 Å². The Morgan fingerprint density at radius 3 is 3.05 bits per heavy atom. The Morgan fingerprint density at radius 1 is 1.41 bits per heavy atom. The number of rotatable bonds is 7. The average molecular weight is 355 g/mol. The molecular weight excluding hydrogens is 340 g/mol. The monoisotopic (exact) mass is 354 g/mol. The molecule has 0 spiro atoms. The van der Waals surface area contributed by atoms with Crippen molar-refractivity contribution in [3.05, 3.63) is 34.9 Å². The summed E-state index contributed by atoms with van der Waals surface area (Å²) < 4.78 is 0.807. The van der Waals surface area contributed by atoms with E-state index < -0.39 is 0 Å². The molecule has 0 bridgehead atoms. The largest absolute Gasteiger partial charge is 0.357 e. The molecule has 1 aromatic heterocycles. The number of carbonyl (C=O) groups is 1. The summed E-state index contributed by atoms with van der Waals surface area (Å²) in [5.74, 6) is 0.301. The summed E-state index contributed by atoms with van der Waals surface area (Å²) in [6.07, 6.45) is 2.40. The van der Waals surface area contributed by atoms with Crippen molar-refractivity contribution in [1.29, 1.82) is 0 Å². The Bertz CT molecular complexity index is 660. The number of nitrogens with zero attached hydrogens (tertiary/aromatic N) is 2. The lowest BCUT2D eigenvalue weighted by Crippen LogP contribution is -2.24. The smallest absolute Gasteiger partial charge is 0.230 e. The van der Waals surface area contributed by atoms with Gasteiger partial charge in [0.25, 0.3) is 0 Å². The van der Waals surface area contributed by atoms with E-state index in [4.69, 9.17) is 11.6 Å². The lowest BCUT2D eigenvalue weighted by molar-refractivity contribution is -0.118. The molecule has 0 aliphatic heterocycles. The van der Waals surface area contributed by atoms with Gasteiger partial charge in [-0.3, -0.25) is 4.79 Å². The van der Waals surface area contributed by atoms with Gasteiger partial charge in [0, 0.05) is 17.6 Å². The first-order chi connectivity index (χ1) is 10.7. The molecule has 116 valence electrons. The molecule has 0 saturated heterocycles. The number of amides is 1. The number of thioether (sulfide) groups is 1. The van der Waals surface area contributed by atoms with E-state index in [1.807, 2.05) is 24.3 Å². The van der Waals surface area contributed by atoms with E-state index in [1.54, 1.807) is 0 Å². The van der Waals surface area contributed by atoms with Crippen molar-refractivity contribution in [2.24, 2.45) is 0 Å². The molecule has 1 fully saturated rings. The van der Waals surface area contributed by atoms with Crippen molar-refractivity contribution in [2.45, 2.75) is 29.8 Å². The number of carbonyl (C=O) groups excluding carboxylic acids is 1. The van der Waals surface area contributed by atoms with Crippen molar-refractivity contribution >= 4 is 45.7 Å². The van der Waals surface area contributed by atoms with Crippen molar-refractivity contribution < 1.29 is 4.79 Å². The first-order valence-electron chi connectivity index (χ1n) is 6.93. The number of anilines is 1. The van der Waals surface area contributed by atoms with E-state index >= 15 is 0 Å².